The molecule has 1 aromatic carbocycles. The standard InChI is InChI=1S/C9H10FN3/c1-5-2-7-8(3-6(5)10)13-9(4-11)12-7/h2-3H,4,11H2,1H3,(H,12,13). The molecule has 2 rings (SSSR count). The first-order valence-corrected chi connectivity index (χ1v) is 4.05. The Bertz CT molecular complexity index is 408. The van der Waals surface area contributed by atoms with Gasteiger partial charge in [0.15, 0.2) is 0 Å². The number of nitrogens with two attached hydrogens (primary N) is 1. The molecule has 0 fully saturated rings. The van der Waals surface area contributed by atoms with Gasteiger partial charge in [0, 0.05) is 6.07 Å². The highest BCUT2D eigenvalue weighted by Gasteiger charge is 2.04. The van der Waals surface area contributed by atoms with E-state index in [0.717, 1.165) is 5.52 Å². The number of aryl methyl sites for hydroxylation is 1. The molecular weight excluding hydrogens is 169 g/mol. The minimum Gasteiger partial charge on any atom is -0.341 e. The number of hydrogen-bond acceptors (Lipinski definition) is 2. The summed E-state index contributed by atoms with van der Waals surface area (Å²) >= 11 is 0. The second kappa shape index (κ2) is 2.81. The number of hydrogen-bond donors (Lipinski definition) is 2. The number of aromatic nitrogens is 2. The molecule has 0 atom stereocenters. The van der Waals surface area contributed by atoms with E-state index in [9.17, 15) is 4.39 Å². The molecule has 2 aromatic rings. The van der Waals surface area contributed by atoms with Crippen LogP contribution in [0.3, 0.4) is 0 Å². The monoisotopic (exact) mass is 179 g/mol. The van der Waals surface area contributed by atoms with Crippen LogP contribution in [0.25, 0.3) is 11.0 Å². The maximum absolute atomic E-state index is 13.1. The van der Waals surface area contributed by atoms with Crippen molar-refractivity contribution in [3.8, 4) is 0 Å². The quantitative estimate of drug-likeness (QED) is 0.696. The van der Waals surface area contributed by atoms with E-state index in [1.165, 1.54) is 6.07 Å². The Kier molecular flexibility index (Phi) is 1.77. The van der Waals surface area contributed by atoms with Crippen LogP contribution in [0.1, 0.15) is 11.4 Å². The van der Waals surface area contributed by atoms with Crippen molar-refractivity contribution < 1.29 is 4.39 Å². The lowest BCUT2D eigenvalue weighted by atomic mass is 10.2. The van der Waals surface area contributed by atoms with Crippen molar-refractivity contribution in [2.45, 2.75) is 13.5 Å². The number of H-pyrrole nitrogens is 1. The summed E-state index contributed by atoms with van der Waals surface area (Å²) in [5, 5.41) is 0. The predicted octanol–water partition coefficient (Wildman–Crippen LogP) is 1.47. The van der Waals surface area contributed by atoms with Gasteiger partial charge in [-0.1, -0.05) is 0 Å². The zero-order valence-electron chi connectivity index (χ0n) is 7.26. The molecule has 0 saturated carbocycles. The first-order chi connectivity index (χ1) is 6.20. The molecule has 3 nitrogen and oxygen atoms in total. The zero-order chi connectivity index (χ0) is 9.42. The first-order valence-electron chi connectivity index (χ1n) is 4.05. The van der Waals surface area contributed by atoms with E-state index in [1.807, 2.05) is 0 Å². The number of nitrogens with zero attached hydrogens (tertiary/aromatic N) is 1. The van der Waals surface area contributed by atoms with Gasteiger partial charge in [0.2, 0.25) is 0 Å². The molecule has 1 heterocycles. The summed E-state index contributed by atoms with van der Waals surface area (Å²) < 4.78 is 13.1. The van der Waals surface area contributed by atoms with Crippen LogP contribution in [-0.4, -0.2) is 9.97 Å². The largest absolute Gasteiger partial charge is 0.341 e. The summed E-state index contributed by atoms with van der Waals surface area (Å²) in [5.41, 5.74) is 7.47. The Balaban J connectivity index is 2.70. The van der Waals surface area contributed by atoms with Crippen LogP contribution in [0.4, 0.5) is 4.39 Å². The van der Waals surface area contributed by atoms with Crippen molar-refractivity contribution in [3.05, 3.63) is 29.3 Å². The van der Waals surface area contributed by atoms with E-state index in [1.54, 1.807) is 13.0 Å². The van der Waals surface area contributed by atoms with Gasteiger partial charge in [-0.15, -0.1) is 0 Å². The van der Waals surface area contributed by atoms with Gasteiger partial charge in [-0.05, 0) is 18.6 Å². The van der Waals surface area contributed by atoms with E-state index in [4.69, 9.17) is 5.73 Å². The van der Waals surface area contributed by atoms with Crippen LogP contribution < -0.4 is 5.73 Å². The first kappa shape index (κ1) is 8.19. The molecule has 0 aliphatic carbocycles. The van der Waals surface area contributed by atoms with Crippen molar-refractivity contribution in [1.29, 1.82) is 0 Å². The lowest BCUT2D eigenvalue weighted by molar-refractivity contribution is 0.620. The normalized spacial score (nSPS) is 11.0. The molecule has 0 bridgehead atoms. The number of halogens is 1. The summed E-state index contributed by atoms with van der Waals surface area (Å²) in [4.78, 5) is 7.12. The maximum atomic E-state index is 13.1. The van der Waals surface area contributed by atoms with Gasteiger partial charge in [0.25, 0.3) is 0 Å². The molecule has 0 aliphatic rings. The van der Waals surface area contributed by atoms with Gasteiger partial charge in [0.05, 0.1) is 17.6 Å². The molecule has 0 amide bonds. The van der Waals surface area contributed by atoms with E-state index >= 15 is 0 Å². The highest BCUT2D eigenvalue weighted by atomic mass is 19.1. The molecule has 0 saturated heterocycles. The summed E-state index contributed by atoms with van der Waals surface area (Å²) in [6.45, 7) is 2.06. The number of nitrogens with one attached hydrogen (secondary N) is 1. The highest BCUT2D eigenvalue weighted by molar-refractivity contribution is 5.76. The molecular formula is C9H10FN3. The zero-order valence-corrected chi connectivity index (χ0v) is 7.26. The Morgan fingerprint density at radius 1 is 1.54 bits per heavy atom. The average molecular weight is 179 g/mol. The van der Waals surface area contributed by atoms with Crippen LogP contribution in [0.5, 0.6) is 0 Å². The van der Waals surface area contributed by atoms with E-state index in [-0.39, 0.29) is 5.82 Å². The smallest absolute Gasteiger partial charge is 0.128 e. The van der Waals surface area contributed by atoms with Crippen LogP contribution in [0.2, 0.25) is 0 Å². The molecule has 0 unspecified atom stereocenters. The lowest BCUT2D eigenvalue weighted by Crippen LogP contribution is -1.97. The maximum Gasteiger partial charge on any atom is 0.128 e. The van der Waals surface area contributed by atoms with Crippen molar-refractivity contribution >= 4 is 11.0 Å². The third kappa shape index (κ3) is 1.29. The summed E-state index contributed by atoms with van der Waals surface area (Å²) in [6.07, 6.45) is 0. The fraction of sp³-hybridized carbons (Fsp3) is 0.222. The minimum atomic E-state index is -0.234. The second-order valence-electron chi connectivity index (χ2n) is 3.01. The van der Waals surface area contributed by atoms with E-state index in [0.29, 0.717) is 23.4 Å². The van der Waals surface area contributed by atoms with Gasteiger partial charge in [-0.2, -0.15) is 0 Å². The van der Waals surface area contributed by atoms with Gasteiger partial charge < -0.3 is 10.7 Å². The summed E-state index contributed by atoms with van der Waals surface area (Å²) in [5.74, 6) is 0.447. The summed E-state index contributed by atoms with van der Waals surface area (Å²) in [6, 6.07) is 3.15. The molecule has 3 N–H and O–H groups in total. The van der Waals surface area contributed by atoms with Crippen molar-refractivity contribution in [3.63, 3.8) is 0 Å². The Labute approximate surface area is 74.8 Å². The number of rotatable bonds is 1. The Morgan fingerprint density at radius 2 is 2.31 bits per heavy atom. The van der Waals surface area contributed by atoms with Gasteiger partial charge in [0.1, 0.15) is 11.6 Å². The Morgan fingerprint density at radius 3 is 3.00 bits per heavy atom. The third-order valence-electron chi connectivity index (χ3n) is 2.00. The fourth-order valence-electron chi connectivity index (χ4n) is 1.29. The van der Waals surface area contributed by atoms with Gasteiger partial charge in [-0.3, -0.25) is 0 Å². The molecule has 0 aliphatic heterocycles. The van der Waals surface area contributed by atoms with Gasteiger partial charge in [-0.25, -0.2) is 9.37 Å². The summed E-state index contributed by atoms with van der Waals surface area (Å²) in [7, 11) is 0. The number of imidazole rings is 1. The van der Waals surface area contributed by atoms with E-state index < -0.39 is 0 Å². The lowest BCUT2D eigenvalue weighted by Gasteiger charge is -1.93. The average Bonchev–Trinajstić information content (AvgIpc) is 2.48. The van der Waals surface area contributed by atoms with Crippen molar-refractivity contribution in [1.82, 2.24) is 9.97 Å². The molecule has 1 aromatic heterocycles. The molecule has 4 heteroatoms. The second-order valence-corrected chi connectivity index (χ2v) is 3.01. The van der Waals surface area contributed by atoms with E-state index in [2.05, 4.69) is 9.97 Å². The Hall–Kier alpha value is -1.42. The molecule has 0 spiro atoms. The topological polar surface area (TPSA) is 54.7 Å². The highest BCUT2D eigenvalue weighted by Crippen LogP contribution is 2.16. The number of benzene rings is 1. The van der Waals surface area contributed by atoms with Crippen LogP contribution in [0, 0.1) is 12.7 Å². The van der Waals surface area contributed by atoms with Crippen LogP contribution in [0.15, 0.2) is 12.1 Å². The molecule has 68 valence electrons. The number of fused-ring (bicyclic) bond motifs is 1. The van der Waals surface area contributed by atoms with Crippen LogP contribution in [-0.2, 0) is 6.54 Å². The van der Waals surface area contributed by atoms with Crippen molar-refractivity contribution in [2.24, 2.45) is 5.73 Å². The predicted molar refractivity (Wildman–Crippen MR) is 48.7 cm³/mol. The number of aromatic amines is 1. The minimum absolute atomic E-state index is 0.234. The SMILES string of the molecule is Cc1cc2[nH]c(CN)nc2cc1F. The van der Waals surface area contributed by atoms with Crippen LogP contribution >= 0.6 is 0 Å². The van der Waals surface area contributed by atoms with Gasteiger partial charge >= 0.3 is 0 Å². The fourth-order valence-corrected chi connectivity index (χ4v) is 1.29. The molecule has 0 radical (unpaired) electrons. The molecule has 13 heavy (non-hydrogen) atoms. The van der Waals surface area contributed by atoms with Crippen molar-refractivity contribution in [2.75, 3.05) is 0 Å². The third-order valence-corrected chi connectivity index (χ3v) is 2.00.